The number of benzene rings is 3. The molecule has 1 aliphatic rings. The predicted molar refractivity (Wildman–Crippen MR) is 126 cm³/mol. The molecule has 30 heavy (non-hydrogen) atoms. The summed E-state index contributed by atoms with van der Waals surface area (Å²) in [6, 6.07) is 29.8. The average Bonchev–Trinajstić information content (AvgIpc) is 3.09. The molecular formula is C26H25Cl2OTi. The van der Waals surface area contributed by atoms with Crippen LogP contribution in [-0.2, 0) is 29.7 Å². The van der Waals surface area contributed by atoms with Crippen LogP contribution < -0.4 is 0 Å². The van der Waals surface area contributed by atoms with E-state index >= 15 is 0 Å². The van der Waals surface area contributed by atoms with Crippen LogP contribution in [0.25, 0.3) is 5.57 Å². The standard InChI is InChI=1S/C26H23O.2ClH.Ti/c1-19-17-18-23(20(19)2)24-15-9-10-16-25(24)26(27,21-11-5-3-6-12-21)22-13-7-4-8-14-22;;;/h3-17H,18H2,1-2H3;2*1H;/q-1;;;+1. The van der Waals surface area contributed by atoms with Gasteiger partial charge >= 0.3 is 180 Å². The molecule has 4 heteroatoms. The number of hydrogen-bond acceptors (Lipinski definition) is 1. The molecule has 0 amide bonds. The first-order valence-electron chi connectivity index (χ1n) is 9.61. The Morgan fingerprint density at radius 2 is 1.23 bits per heavy atom. The van der Waals surface area contributed by atoms with Gasteiger partial charge in [0.05, 0.1) is 0 Å². The fourth-order valence-electron chi connectivity index (χ4n) is 4.16. The second-order valence-electron chi connectivity index (χ2n) is 7.26. The Morgan fingerprint density at radius 1 is 0.733 bits per heavy atom. The molecule has 0 radical (unpaired) electrons. The molecule has 0 aliphatic heterocycles. The van der Waals surface area contributed by atoms with Crippen LogP contribution in [0.4, 0.5) is 0 Å². The molecule has 0 aromatic heterocycles. The number of rotatable bonds is 5. The molecule has 3 aromatic rings. The van der Waals surface area contributed by atoms with Crippen molar-refractivity contribution in [3.8, 4) is 0 Å². The van der Waals surface area contributed by atoms with Crippen LogP contribution >= 0.6 is 24.8 Å². The minimum Gasteiger partial charge on any atom is -0.147 e. The Hall–Kier alpha value is -1.61. The third kappa shape index (κ3) is 4.24. The molecule has 0 N–H and O–H groups in total. The van der Waals surface area contributed by atoms with Crippen LogP contribution in [0.5, 0.6) is 0 Å². The fourth-order valence-corrected chi connectivity index (χ4v) is 4.70. The molecule has 0 bridgehead atoms. The van der Waals surface area contributed by atoms with Crippen LogP contribution in [-0.4, -0.2) is 0 Å². The molecule has 3 aromatic carbocycles. The van der Waals surface area contributed by atoms with Crippen LogP contribution in [0, 0.1) is 0 Å². The zero-order valence-electron chi connectivity index (χ0n) is 17.1. The summed E-state index contributed by atoms with van der Waals surface area (Å²) in [5, 5.41) is 0. The molecule has 0 saturated heterocycles. The van der Waals surface area contributed by atoms with Crippen molar-refractivity contribution in [2.75, 3.05) is 0 Å². The Bertz CT molecular complexity index is 1000. The largest absolute Gasteiger partial charge is 0.147 e. The average molecular weight is 472 g/mol. The van der Waals surface area contributed by atoms with Crippen molar-refractivity contribution in [1.29, 1.82) is 0 Å². The van der Waals surface area contributed by atoms with Gasteiger partial charge in [-0.3, -0.25) is 0 Å². The van der Waals surface area contributed by atoms with Crippen molar-refractivity contribution in [2.45, 2.75) is 25.9 Å². The third-order valence-corrected chi connectivity index (χ3v) is 6.28. The van der Waals surface area contributed by atoms with E-state index in [0.717, 1.165) is 17.5 Å². The molecule has 0 spiro atoms. The number of hydrogen-bond donors (Lipinski definition) is 0. The van der Waals surface area contributed by atoms with Gasteiger partial charge in [-0.25, -0.2) is 0 Å². The predicted octanol–water partition coefficient (Wildman–Crippen LogP) is 7.42. The van der Waals surface area contributed by atoms with Gasteiger partial charge in [-0.1, -0.05) is 0 Å². The first kappa shape index (κ1) is 24.7. The monoisotopic (exact) mass is 471 g/mol. The molecule has 1 nitrogen and oxygen atoms in total. The smallest absolute Gasteiger partial charge is 0.147 e. The van der Waals surface area contributed by atoms with E-state index in [9.17, 15) is 0 Å². The summed E-state index contributed by atoms with van der Waals surface area (Å²) in [5.41, 5.74) is 8.19. The Morgan fingerprint density at radius 3 is 1.70 bits per heavy atom. The van der Waals surface area contributed by atoms with E-state index < -0.39 is 5.60 Å². The van der Waals surface area contributed by atoms with E-state index in [2.05, 4.69) is 105 Å². The number of allylic oxidation sites excluding steroid dienone is 4. The van der Waals surface area contributed by atoms with E-state index in [0.29, 0.717) is 0 Å². The van der Waals surface area contributed by atoms with Crippen molar-refractivity contribution in [1.82, 2.24) is 0 Å². The summed E-state index contributed by atoms with van der Waals surface area (Å²) in [6.45, 7) is 4.42. The van der Waals surface area contributed by atoms with Crippen LogP contribution in [0.1, 0.15) is 42.5 Å². The molecule has 0 unspecified atom stereocenters. The Labute approximate surface area is 204 Å². The normalized spacial score (nSPS) is 13.3. The Kier molecular flexibility index (Phi) is 8.73. The van der Waals surface area contributed by atoms with Crippen molar-refractivity contribution in [2.24, 2.45) is 0 Å². The second kappa shape index (κ2) is 10.6. The van der Waals surface area contributed by atoms with E-state index in [1.807, 2.05) is 20.8 Å². The van der Waals surface area contributed by atoms with Gasteiger partial charge < -0.3 is 0 Å². The van der Waals surface area contributed by atoms with Crippen molar-refractivity contribution < 1.29 is 24.1 Å². The van der Waals surface area contributed by atoms with Gasteiger partial charge in [0.25, 0.3) is 0 Å². The van der Waals surface area contributed by atoms with Gasteiger partial charge in [0.2, 0.25) is 0 Å². The van der Waals surface area contributed by atoms with Crippen LogP contribution in [0.15, 0.2) is 102 Å². The molecular weight excluding hydrogens is 447 g/mol. The van der Waals surface area contributed by atoms with Crippen molar-refractivity contribution in [3.63, 3.8) is 0 Å². The SMILES string of the molecule is CC1=CCC(c2ccccc2C([O][Ti])(c2ccccc2)c2ccccc2)=C1C.Cl.Cl. The van der Waals surface area contributed by atoms with E-state index in [-0.39, 0.29) is 24.8 Å². The zero-order chi connectivity index (χ0) is 19.6. The molecule has 0 heterocycles. The molecule has 0 atom stereocenters. The maximum Gasteiger partial charge on any atom is -0.147 e. The quantitative estimate of drug-likeness (QED) is 0.277. The van der Waals surface area contributed by atoms with Gasteiger partial charge in [0.15, 0.2) is 0 Å². The summed E-state index contributed by atoms with van der Waals surface area (Å²) < 4.78 is 6.42. The summed E-state index contributed by atoms with van der Waals surface area (Å²) in [4.78, 5) is 0. The molecule has 0 saturated carbocycles. The van der Waals surface area contributed by atoms with Crippen LogP contribution in [0.3, 0.4) is 0 Å². The summed E-state index contributed by atoms with van der Waals surface area (Å²) in [6.07, 6.45) is 3.29. The summed E-state index contributed by atoms with van der Waals surface area (Å²) in [5.74, 6) is 0. The summed E-state index contributed by atoms with van der Waals surface area (Å²) >= 11 is 1.82. The van der Waals surface area contributed by atoms with E-state index in [1.165, 1.54) is 27.8 Å². The van der Waals surface area contributed by atoms with E-state index in [1.54, 1.807) is 0 Å². The van der Waals surface area contributed by atoms with Gasteiger partial charge in [-0.2, -0.15) is 0 Å². The number of halogens is 2. The van der Waals surface area contributed by atoms with Gasteiger partial charge in [-0.05, 0) is 0 Å². The molecule has 153 valence electrons. The van der Waals surface area contributed by atoms with Crippen molar-refractivity contribution in [3.05, 3.63) is 124 Å². The second-order valence-corrected chi connectivity index (χ2v) is 7.57. The molecule has 0 fully saturated rings. The fraction of sp³-hybridized carbons (Fsp3) is 0.154. The van der Waals surface area contributed by atoms with Crippen LogP contribution in [0.2, 0.25) is 0 Å². The molecule has 1 aliphatic carbocycles. The minimum absolute atomic E-state index is 0. The third-order valence-electron chi connectivity index (χ3n) is 5.80. The van der Waals surface area contributed by atoms with E-state index in [4.69, 9.17) is 3.32 Å². The van der Waals surface area contributed by atoms with Gasteiger partial charge in [0.1, 0.15) is 0 Å². The minimum atomic E-state index is -0.664. The first-order chi connectivity index (χ1) is 13.7. The maximum absolute atomic E-state index is 6.42. The molecule has 4 rings (SSSR count). The first-order valence-corrected chi connectivity index (χ1v) is 10.2. The zero-order valence-corrected chi connectivity index (χ0v) is 20.3. The maximum atomic E-state index is 6.42. The van der Waals surface area contributed by atoms with Gasteiger partial charge in [0, 0.05) is 0 Å². The Balaban J connectivity index is 0.00000160. The van der Waals surface area contributed by atoms with Gasteiger partial charge in [-0.15, -0.1) is 24.8 Å². The van der Waals surface area contributed by atoms with Crippen molar-refractivity contribution >= 4 is 30.4 Å². The topological polar surface area (TPSA) is 9.23 Å². The summed E-state index contributed by atoms with van der Waals surface area (Å²) in [7, 11) is 0.